The molecule has 1 amide bonds. The Bertz CT molecular complexity index is 558. The number of carbonyl (C=O) groups excluding carboxylic acids is 1. The van der Waals surface area contributed by atoms with Crippen molar-refractivity contribution in [1.82, 2.24) is 4.57 Å². The number of hydrogen-bond donors (Lipinski definition) is 0. The van der Waals surface area contributed by atoms with E-state index in [0.717, 1.165) is 0 Å². The molecule has 0 aromatic carbocycles. The number of likely N-dealkylation sites (N-methyl/N-ethyl adjacent to an activating group) is 1. The molecule has 0 saturated heterocycles. The van der Waals surface area contributed by atoms with Gasteiger partial charge in [-0.2, -0.15) is 0 Å². The molecule has 0 saturated carbocycles. The van der Waals surface area contributed by atoms with Crippen LogP contribution in [-0.4, -0.2) is 23.6 Å². The molecule has 17 heavy (non-hydrogen) atoms. The molecule has 1 aromatic heterocycles. The molecule has 1 atom stereocenters. The second-order valence-electron chi connectivity index (χ2n) is 3.78. The summed E-state index contributed by atoms with van der Waals surface area (Å²) in [5.41, 5.74) is 8.24. The maximum Gasteiger partial charge on any atom is 0.252 e. The highest BCUT2D eigenvalue weighted by Crippen LogP contribution is 2.19. The fraction of sp³-hybridized carbons (Fsp3) is 0.400. The van der Waals surface area contributed by atoms with Crippen LogP contribution >= 0.6 is 0 Å². The van der Waals surface area contributed by atoms with Crippen molar-refractivity contribution in [2.75, 3.05) is 11.9 Å². The van der Waals surface area contributed by atoms with E-state index in [4.69, 9.17) is 5.53 Å². The van der Waals surface area contributed by atoms with Crippen molar-refractivity contribution in [3.63, 3.8) is 0 Å². The summed E-state index contributed by atoms with van der Waals surface area (Å²) in [6, 6.07) is 3.99. The van der Waals surface area contributed by atoms with Crippen molar-refractivity contribution in [2.24, 2.45) is 5.11 Å². The molecule has 88 valence electrons. The Morgan fingerprint density at radius 3 is 2.94 bits per heavy atom. The second kappa shape index (κ2) is 4.31. The molecule has 2 rings (SSSR count). The van der Waals surface area contributed by atoms with Crippen LogP contribution in [0, 0.1) is 0 Å². The van der Waals surface area contributed by atoms with E-state index in [-0.39, 0.29) is 11.5 Å². The van der Waals surface area contributed by atoms with Crippen LogP contribution in [0.25, 0.3) is 10.4 Å². The quantitative estimate of drug-likeness (QED) is 0.409. The predicted molar refractivity (Wildman–Crippen MR) is 61.7 cm³/mol. The molecule has 0 radical (unpaired) electrons. The van der Waals surface area contributed by atoms with Gasteiger partial charge in [0.25, 0.3) is 5.56 Å². The van der Waals surface area contributed by atoms with Gasteiger partial charge in [0, 0.05) is 24.6 Å². The third-order valence-corrected chi connectivity index (χ3v) is 2.80. The number of aromatic nitrogens is 1. The van der Waals surface area contributed by atoms with E-state index < -0.39 is 6.04 Å². The van der Waals surface area contributed by atoms with Crippen molar-refractivity contribution in [2.45, 2.75) is 19.0 Å². The molecular formula is C10H11N5O2. The number of fused-ring (bicyclic) bond motifs is 1. The Hall–Kier alpha value is -2.27. The Kier molecular flexibility index (Phi) is 2.84. The summed E-state index contributed by atoms with van der Waals surface area (Å²) in [6.07, 6.45) is 0.337. The number of nitrogens with zero attached hydrogens (tertiary/aromatic N) is 5. The fourth-order valence-corrected chi connectivity index (χ4v) is 1.91. The van der Waals surface area contributed by atoms with Gasteiger partial charge >= 0.3 is 0 Å². The first kappa shape index (κ1) is 11.2. The van der Waals surface area contributed by atoms with Crippen LogP contribution in [0.1, 0.15) is 6.42 Å². The van der Waals surface area contributed by atoms with Gasteiger partial charge in [0.1, 0.15) is 11.9 Å². The van der Waals surface area contributed by atoms with Crippen LogP contribution in [0.2, 0.25) is 0 Å². The van der Waals surface area contributed by atoms with Crippen molar-refractivity contribution in [3.8, 4) is 0 Å². The topological polar surface area (TPSA) is 91.1 Å². The zero-order valence-corrected chi connectivity index (χ0v) is 9.28. The van der Waals surface area contributed by atoms with Gasteiger partial charge in [-0.05, 0) is 18.0 Å². The summed E-state index contributed by atoms with van der Waals surface area (Å²) < 4.78 is 1.50. The molecule has 1 aliphatic rings. The normalized spacial score (nSPS) is 19.2. The van der Waals surface area contributed by atoms with E-state index in [0.29, 0.717) is 18.8 Å². The predicted octanol–water partition coefficient (Wildman–Crippen LogP) is 0.894. The van der Waals surface area contributed by atoms with Gasteiger partial charge in [0.2, 0.25) is 5.91 Å². The van der Waals surface area contributed by atoms with Gasteiger partial charge in [-0.1, -0.05) is 11.2 Å². The van der Waals surface area contributed by atoms with Crippen LogP contribution in [0.3, 0.4) is 0 Å². The maximum absolute atomic E-state index is 12.0. The average molecular weight is 233 g/mol. The molecular weight excluding hydrogens is 222 g/mol. The lowest BCUT2D eigenvalue weighted by Gasteiger charge is -2.18. The number of rotatable bonds is 1. The van der Waals surface area contributed by atoms with E-state index in [1.165, 1.54) is 15.5 Å². The molecule has 0 fully saturated rings. The van der Waals surface area contributed by atoms with E-state index in [2.05, 4.69) is 10.0 Å². The van der Waals surface area contributed by atoms with Gasteiger partial charge in [0.15, 0.2) is 0 Å². The molecule has 0 aliphatic carbocycles. The van der Waals surface area contributed by atoms with Crippen LogP contribution in [0.5, 0.6) is 0 Å². The van der Waals surface area contributed by atoms with Crippen molar-refractivity contribution < 1.29 is 4.79 Å². The second-order valence-corrected chi connectivity index (χ2v) is 3.78. The Labute approximate surface area is 96.9 Å². The largest absolute Gasteiger partial charge is 0.301 e. The summed E-state index contributed by atoms with van der Waals surface area (Å²) in [5.74, 6) is 0.234. The molecule has 0 spiro atoms. The van der Waals surface area contributed by atoms with Crippen LogP contribution in [0.15, 0.2) is 28.1 Å². The molecule has 1 aromatic rings. The minimum atomic E-state index is -0.746. The van der Waals surface area contributed by atoms with E-state index >= 15 is 0 Å². The molecule has 7 heteroatoms. The number of anilines is 1. The fourth-order valence-electron chi connectivity index (χ4n) is 1.91. The first-order chi connectivity index (χ1) is 8.15. The number of carbonyl (C=O) groups is 1. The standard InChI is InChI=1S/C10H11N5O2/c1-14-8-3-2-4-9(16)15(8)6-5-7(10(14)17)12-13-11/h2-4,7H,5-6H2,1H3. The molecule has 1 aliphatic heterocycles. The monoisotopic (exact) mass is 233 g/mol. The van der Waals surface area contributed by atoms with E-state index in [1.807, 2.05) is 0 Å². The van der Waals surface area contributed by atoms with E-state index in [9.17, 15) is 9.59 Å². The highest BCUT2D eigenvalue weighted by atomic mass is 16.2. The van der Waals surface area contributed by atoms with Gasteiger partial charge in [-0.15, -0.1) is 0 Å². The van der Waals surface area contributed by atoms with Crippen molar-refractivity contribution >= 4 is 11.7 Å². The third kappa shape index (κ3) is 1.88. The van der Waals surface area contributed by atoms with Gasteiger partial charge in [0.05, 0.1) is 0 Å². The lowest BCUT2D eigenvalue weighted by Crippen LogP contribution is -2.35. The van der Waals surface area contributed by atoms with Gasteiger partial charge < -0.3 is 4.90 Å². The lowest BCUT2D eigenvalue weighted by molar-refractivity contribution is -0.119. The van der Waals surface area contributed by atoms with Gasteiger partial charge in [-0.3, -0.25) is 14.2 Å². The highest BCUT2D eigenvalue weighted by molar-refractivity contribution is 5.96. The Balaban J connectivity index is 2.51. The number of hydrogen-bond acceptors (Lipinski definition) is 3. The summed E-state index contributed by atoms with van der Waals surface area (Å²) in [5, 5.41) is 3.46. The SMILES string of the molecule is CN1C(=O)C(N=[N+]=[N-])CCn2c1cccc2=O. The molecule has 2 heterocycles. The van der Waals surface area contributed by atoms with Crippen LogP contribution in [0.4, 0.5) is 5.82 Å². The zero-order chi connectivity index (χ0) is 12.4. The molecule has 0 N–H and O–H groups in total. The summed E-state index contributed by atoms with van der Waals surface area (Å²) >= 11 is 0. The minimum absolute atomic E-state index is 0.163. The van der Waals surface area contributed by atoms with E-state index in [1.54, 1.807) is 19.2 Å². The first-order valence-corrected chi connectivity index (χ1v) is 5.17. The Morgan fingerprint density at radius 2 is 2.24 bits per heavy atom. The molecule has 1 unspecified atom stereocenters. The zero-order valence-electron chi connectivity index (χ0n) is 9.28. The lowest BCUT2D eigenvalue weighted by atomic mass is 10.2. The number of pyridine rings is 1. The number of amides is 1. The molecule has 7 nitrogen and oxygen atoms in total. The van der Waals surface area contributed by atoms with Crippen molar-refractivity contribution in [1.29, 1.82) is 0 Å². The summed E-state index contributed by atoms with van der Waals surface area (Å²) in [6.45, 7) is 0.370. The van der Waals surface area contributed by atoms with Crippen LogP contribution < -0.4 is 10.5 Å². The first-order valence-electron chi connectivity index (χ1n) is 5.17. The van der Waals surface area contributed by atoms with Gasteiger partial charge in [-0.25, -0.2) is 0 Å². The average Bonchev–Trinajstić information content (AvgIpc) is 2.43. The highest BCUT2D eigenvalue weighted by Gasteiger charge is 2.27. The maximum atomic E-state index is 12.0. The van der Waals surface area contributed by atoms with Crippen LogP contribution in [-0.2, 0) is 11.3 Å². The minimum Gasteiger partial charge on any atom is -0.301 e. The number of azide groups is 1. The smallest absolute Gasteiger partial charge is 0.252 e. The summed E-state index contributed by atoms with van der Waals surface area (Å²) in [7, 11) is 1.57. The third-order valence-electron chi connectivity index (χ3n) is 2.80. The van der Waals surface area contributed by atoms with Crippen molar-refractivity contribution in [3.05, 3.63) is 39.0 Å². The Morgan fingerprint density at radius 1 is 1.47 bits per heavy atom. The molecule has 0 bridgehead atoms. The summed E-state index contributed by atoms with van der Waals surface area (Å²) in [4.78, 5) is 27.6.